The average Bonchev–Trinajstić information content (AvgIpc) is 2.67. The van der Waals surface area contributed by atoms with Crippen molar-refractivity contribution in [2.45, 2.75) is 0 Å². The summed E-state index contributed by atoms with van der Waals surface area (Å²) in [6.45, 7) is 0. The highest BCUT2D eigenvalue weighted by Crippen LogP contribution is 2.23. The number of nitrogens with one attached hydrogen (secondary N) is 1. The van der Waals surface area contributed by atoms with Crippen LogP contribution in [-0.4, -0.2) is 17.2 Å². The molecule has 2 N–H and O–H groups in total. The number of benzene rings is 4. The number of hydrogen-bond donors (Lipinski definition) is 2. The van der Waals surface area contributed by atoms with Crippen LogP contribution in [0.5, 0.6) is 5.75 Å². The normalized spacial score (nSPS) is 11.2. The number of hydrogen-bond acceptors (Lipinski definition) is 3. The van der Waals surface area contributed by atoms with Crippen molar-refractivity contribution in [1.29, 1.82) is 0 Å². The lowest BCUT2D eigenvalue weighted by Crippen LogP contribution is -2.17. The van der Waals surface area contributed by atoms with Gasteiger partial charge in [-0.25, -0.2) is 5.43 Å². The van der Waals surface area contributed by atoms with Gasteiger partial charge in [-0.1, -0.05) is 60.7 Å². The van der Waals surface area contributed by atoms with Crippen molar-refractivity contribution >= 4 is 33.7 Å². The van der Waals surface area contributed by atoms with Gasteiger partial charge >= 0.3 is 0 Å². The van der Waals surface area contributed by atoms with Crippen LogP contribution < -0.4 is 5.43 Å². The van der Waals surface area contributed by atoms with Crippen molar-refractivity contribution in [3.8, 4) is 5.75 Å². The van der Waals surface area contributed by atoms with Crippen molar-refractivity contribution < 1.29 is 9.90 Å². The molecule has 0 aliphatic heterocycles. The number of fused-ring (bicyclic) bond motifs is 2. The molecule has 0 radical (unpaired) electrons. The molecule has 4 nitrogen and oxygen atoms in total. The predicted octanol–water partition coefficient (Wildman–Crippen LogP) is 4.46. The Morgan fingerprint density at radius 3 is 2.31 bits per heavy atom. The first kappa shape index (κ1) is 15.8. The molecule has 0 saturated heterocycles. The summed E-state index contributed by atoms with van der Waals surface area (Å²) in [7, 11) is 0. The third-order valence-corrected chi connectivity index (χ3v) is 4.30. The molecule has 0 aliphatic carbocycles. The van der Waals surface area contributed by atoms with E-state index >= 15 is 0 Å². The molecular formula is C22H16N2O2. The van der Waals surface area contributed by atoms with E-state index in [0.717, 1.165) is 21.5 Å². The summed E-state index contributed by atoms with van der Waals surface area (Å²) in [5, 5.41) is 17.9. The van der Waals surface area contributed by atoms with Gasteiger partial charge in [0.15, 0.2) is 0 Å². The van der Waals surface area contributed by atoms with E-state index in [4.69, 9.17) is 0 Å². The van der Waals surface area contributed by atoms with E-state index in [1.165, 1.54) is 6.21 Å². The fourth-order valence-electron chi connectivity index (χ4n) is 2.99. The molecule has 0 aromatic heterocycles. The lowest BCUT2D eigenvalue weighted by Gasteiger charge is -2.05. The molecule has 0 bridgehead atoms. The topological polar surface area (TPSA) is 61.7 Å². The molecule has 0 atom stereocenters. The van der Waals surface area contributed by atoms with E-state index in [2.05, 4.69) is 10.5 Å². The van der Waals surface area contributed by atoms with Crippen LogP contribution in [0.2, 0.25) is 0 Å². The summed E-state index contributed by atoms with van der Waals surface area (Å²) in [5.74, 6) is -0.176. The number of phenols is 1. The van der Waals surface area contributed by atoms with Gasteiger partial charge in [0, 0.05) is 11.1 Å². The van der Waals surface area contributed by atoms with Gasteiger partial charge in [0.05, 0.1) is 6.21 Å². The maximum Gasteiger partial charge on any atom is 0.271 e. The van der Waals surface area contributed by atoms with E-state index in [9.17, 15) is 9.90 Å². The average molecular weight is 340 g/mol. The third kappa shape index (κ3) is 3.00. The van der Waals surface area contributed by atoms with Crippen molar-refractivity contribution in [2.75, 3.05) is 0 Å². The summed E-state index contributed by atoms with van der Waals surface area (Å²) in [6, 6.07) is 24.5. The number of carbonyl (C=O) groups excluding carboxylic acids is 1. The van der Waals surface area contributed by atoms with Gasteiger partial charge in [-0.05, 0) is 39.7 Å². The summed E-state index contributed by atoms with van der Waals surface area (Å²) in [6.07, 6.45) is 1.45. The van der Waals surface area contributed by atoms with Crippen molar-refractivity contribution in [1.82, 2.24) is 5.43 Å². The number of rotatable bonds is 3. The van der Waals surface area contributed by atoms with Gasteiger partial charge in [-0.15, -0.1) is 0 Å². The fourth-order valence-corrected chi connectivity index (χ4v) is 2.99. The maximum absolute atomic E-state index is 12.5. The van der Waals surface area contributed by atoms with Crippen molar-refractivity contribution in [3.05, 3.63) is 90.0 Å². The zero-order valence-electron chi connectivity index (χ0n) is 13.9. The monoisotopic (exact) mass is 340 g/mol. The standard InChI is InChI=1S/C22H16N2O2/c25-21-13-17-8-2-1-7-16(17)12-18(21)14-23-24-22(26)20-11-5-9-15-6-3-4-10-19(15)20/h1-14,25H,(H,24,26). The second-order valence-corrected chi connectivity index (χ2v) is 5.98. The van der Waals surface area contributed by atoms with Crippen molar-refractivity contribution in [3.63, 3.8) is 0 Å². The van der Waals surface area contributed by atoms with Crippen LogP contribution in [0.25, 0.3) is 21.5 Å². The SMILES string of the molecule is O=C(NN=Cc1cc2ccccc2cc1O)c1cccc2ccccc12. The summed E-state index contributed by atoms with van der Waals surface area (Å²) in [4.78, 5) is 12.5. The minimum absolute atomic E-state index is 0.117. The maximum atomic E-state index is 12.5. The number of hydrazone groups is 1. The van der Waals surface area contributed by atoms with E-state index in [1.807, 2.05) is 66.7 Å². The largest absolute Gasteiger partial charge is 0.507 e. The molecule has 4 rings (SSSR count). The number of nitrogens with zero attached hydrogens (tertiary/aromatic N) is 1. The zero-order chi connectivity index (χ0) is 17.9. The molecule has 4 aromatic rings. The Bertz CT molecular complexity index is 1140. The molecule has 0 spiro atoms. The summed E-state index contributed by atoms with van der Waals surface area (Å²) < 4.78 is 0. The lowest BCUT2D eigenvalue weighted by atomic mass is 10.0. The highest BCUT2D eigenvalue weighted by atomic mass is 16.3. The summed E-state index contributed by atoms with van der Waals surface area (Å²) in [5.41, 5.74) is 3.64. The Morgan fingerprint density at radius 1 is 0.846 bits per heavy atom. The van der Waals surface area contributed by atoms with Gasteiger partial charge < -0.3 is 5.11 Å². The van der Waals surface area contributed by atoms with Crippen molar-refractivity contribution in [2.24, 2.45) is 5.10 Å². The molecule has 0 saturated carbocycles. The molecule has 0 aliphatic rings. The Kier molecular flexibility index (Phi) is 4.07. The Morgan fingerprint density at radius 2 is 1.50 bits per heavy atom. The molecule has 1 amide bonds. The van der Waals surface area contributed by atoms with Crippen LogP contribution in [0.3, 0.4) is 0 Å². The Balaban J connectivity index is 1.58. The van der Waals surface area contributed by atoms with Crippen LogP contribution in [0, 0.1) is 0 Å². The van der Waals surface area contributed by atoms with Crippen LogP contribution >= 0.6 is 0 Å². The number of phenolic OH excluding ortho intramolecular Hbond substituents is 1. The Hall–Kier alpha value is -3.66. The molecule has 4 aromatic carbocycles. The fraction of sp³-hybridized carbons (Fsp3) is 0. The number of amides is 1. The lowest BCUT2D eigenvalue weighted by molar-refractivity contribution is 0.0957. The van der Waals surface area contributed by atoms with Crippen LogP contribution in [0.4, 0.5) is 0 Å². The van der Waals surface area contributed by atoms with Crippen LogP contribution in [-0.2, 0) is 0 Å². The summed E-state index contributed by atoms with van der Waals surface area (Å²) >= 11 is 0. The van der Waals surface area contributed by atoms with Gasteiger partial charge in [-0.2, -0.15) is 5.10 Å². The number of aromatic hydroxyl groups is 1. The van der Waals surface area contributed by atoms with E-state index in [0.29, 0.717) is 11.1 Å². The minimum atomic E-state index is -0.293. The first-order chi connectivity index (χ1) is 12.7. The van der Waals surface area contributed by atoms with Gasteiger partial charge in [0.25, 0.3) is 5.91 Å². The molecule has 0 fully saturated rings. The second-order valence-electron chi connectivity index (χ2n) is 5.98. The highest BCUT2D eigenvalue weighted by molar-refractivity contribution is 6.07. The third-order valence-electron chi connectivity index (χ3n) is 4.30. The van der Waals surface area contributed by atoms with Crippen LogP contribution in [0.1, 0.15) is 15.9 Å². The Labute approximate surface area is 150 Å². The quantitative estimate of drug-likeness (QED) is 0.427. The molecular weight excluding hydrogens is 324 g/mol. The zero-order valence-corrected chi connectivity index (χ0v) is 13.9. The van der Waals surface area contributed by atoms with Gasteiger partial charge in [0.2, 0.25) is 0 Å². The van der Waals surface area contributed by atoms with E-state index in [1.54, 1.807) is 12.1 Å². The molecule has 4 heteroatoms. The smallest absolute Gasteiger partial charge is 0.271 e. The first-order valence-electron chi connectivity index (χ1n) is 8.25. The van der Waals surface area contributed by atoms with E-state index < -0.39 is 0 Å². The predicted molar refractivity (Wildman–Crippen MR) is 105 cm³/mol. The van der Waals surface area contributed by atoms with Crippen LogP contribution in [0.15, 0.2) is 84.0 Å². The highest BCUT2D eigenvalue weighted by Gasteiger charge is 2.08. The first-order valence-corrected chi connectivity index (χ1v) is 8.25. The molecule has 0 unspecified atom stereocenters. The minimum Gasteiger partial charge on any atom is -0.507 e. The van der Waals surface area contributed by atoms with Gasteiger partial charge in [-0.3, -0.25) is 4.79 Å². The molecule has 0 heterocycles. The molecule has 126 valence electrons. The van der Waals surface area contributed by atoms with Gasteiger partial charge in [0.1, 0.15) is 5.75 Å². The van der Waals surface area contributed by atoms with E-state index in [-0.39, 0.29) is 11.7 Å². The number of carbonyl (C=O) groups is 1. The second kappa shape index (κ2) is 6.69. The molecule has 26 heavy (non-hydrogen) atoms.